The van der Waals surface area contributed by atoms with Crippen molar-refractivity contribution in [2.24, 2.45) is 0 Å². The number of benzene rings is 2. The van der Waals surface area contributed by atoms with Crippen LogP contribution in [0.2, 0.25) is 0 Å². The predicted molar refractivity (Wildman–Crippen MR) is 92.4 cm³/mol. The van der Waals surface area contributed by atoms with Crippen molar-refractivity contribution in [3.8, 4) is 0 Å². The number of rotatable bonds is 4. The third-order valence-corrected chi connectivity index (χ3v) is 3.91. The van der Waals surface area contributed by atoms with E-state index in [9.17, 15) is 4.79 Å². The minimum absolute atomic E-state index is 0.0829. The van der Waals surface area contributed by atoms with Gasteiger partial charge in [0.05, 0.1) is 17.1 Å². The van der Waals surface area contributed by atoms with Gasteiger partial charge in [0.1, 0.15) is 5.82 Å². The number of carbonyl (C=O) groups is 1. The van der Waals surface area contributed by atoms with Gasteiger partial charge in [-0.15, -0.1) is 0 Å². The summed E-state index contributed by atoms with van der Waals surface area (Å²) >= 11 is 0. The van der Waals surface area contributed by atoms with Crippen molar-refractivity contribution < 1.29 is 4.79 Å². The zero-order valence-electron chi connectivity index (χ0n) is 13.7. The maximum atomic E-state index is 12.4. The van der Waals surface area contributed by atoms with E-state index in [1.807, 2.05) is 55.5 Å². The Morgan fingerprint density at radius 1 is 1.00 bits per heavy atom. The number of nitrogens with one attached hydrogen (secondary N) is 1. The summed E-state index contributed by atoms with van der Waals surface area (Å²) in [4.78, 5) is 17.1. The molecule has 0 aliphatic heterocycles. The lowest BCUT2D eigenvalue weighted by Crippen LogP contribution is -2.29. The summed E-state index contributed by atoms with van der Waals surface area (Å²) in [5.41, 5.74) is 2.71. The van der Waals surface area contributed by atoms with Gasteiger partial charge in [-0.05, 0) is 45.0 Å². The second kappa shape index (κ2) is 6.24. The first-order valence-electron chi connectivity index (χ1n) is 7.90. The standard InChI is InChI=1S/C19H21N3O/c1-13(2)22-17-12-8-7-11-16(17)21-18(22)14(3)20-19(23)15-9-5-4-6-10-15/h4-14H,1-3H3,(H,20,23)/t14-/m0/s1. The fraction of sp³-hybridized carbons (Fsp3) is 0.263. The van der Waals surface area contributed by atoms with Crippen molar-refractivity contribution in [3.63, 3.8) is 0 Å². The maximum Gasteiger partial charge on any atom is 0.251 e. The smallest absolute Gasteiger partial charge is 0.251 e. The van der Waals surface area contributed by atoms with E-state index < -0.39 is 0 Å². The molecule has 0 saturated carbocycles. The van der Waals surface area contributed by atoms with Crippen LogP contribution in [0, 0.1) is 0 Å². The van der Waals surface area contributed by atoms with Crippen molar-refractivity contribution in [2.45, 2.75) is 32.9 Å². The van der Waals surface area contributed by atoms with E-state index in [2.05, 4.69) is 29.8 Å². The third kappa shape index (κ3) is 2.97. The van der Waals surface area contributed by atoms with Gasteiger partial charge in [-0.1, -0.05) is 30.3 Å². The van der Waals surface area contributed by atoms with Crippen molar-refractivity contribution >= 4 is 16.9 Å². The summed E-state index contributed by atoms with van der Waals surface area (Å²) in [6, 6.07) is 17.4. The molecule has 23 heavy (non-hydrogen) atoms. The van der Waals surface area contributed by atoms with Crippen LogP contribution in [0.4, 0.5) is 0 Å². The van der Waals surface area contributed by atoms with Gasteiger partial charge >= 0.3 is 0 Å². The zero-order valence-corrected chi connectivity index (χ0v) is 13.7. The van der Waals surface area contributed by atoms with Crippen LogP contribution in [-0.2, 0) is 0 Å². The third-order valence-electron chi connectivity index (χ3n) is 3.91. The molecule has 1 heterocycles. The number of hydrogen-bond donors (Lipinski definition) is 1. The number of carbonyl (C=O) groups excluding carboxylic acids is 1. The highest BCUT2D eigenvalue weighted by molar-refractivity contribution is 5.94. The van der Waals surface area contributed by atoms with Crippen LogP contribution in [-0.4, -0.2) is 15.5 Å². The zero-order chi connectivity index (χ0) is 16.4. The van der Waals surface area contributed by atoms with Crippen LogP contribution in [0.25, 0.3) is 11.0 Å². The number of hydrogen-bond acceptors (Lipinski definition) is 2. The normalized spacial score (nSPS) is 12.5. The van der Waals surface area contributed by atoms with Gasteiger partial charge < -0.3 is 9.88 Å². The first-order chi connectivity index (χ1) is 11.1. The summed E-state index contributed by atoms with van der Waals surface area (Å²) in [6.45, 7) is 6.23. The van der Waals surface area contributed by atoms with E-state index in [-0.39, 0.29) is 18.0 Å². The lowest BCUT2D eigenvalue weighted by atomic mass is 10.2. The summed E-state index contributed by atoms with van der Waals surface area (Å²) in [5.74, 6) is 0.797. The minimum atomic E-state index is -0.169. The van der Waals surface area contributed by atoms with Crippen molar-refractivity contribution in [3.05, 3.63) is 66.0 Å². The van der Waals surface area contributed by atoms with E-state index in [0.29, 0.717) is 5.56 Å². The molecule has 0 radical (unpaired) electrons. The highest BCUT2D eigenvalue weighted by Crippen LogP contribution is 2.25. The minimum Gasteiger partial charge on any atom is -0.342 e. The summed E-state index contributed by atoms with van der Waals surface area (Å²) < 4.78 is 2.19. The highest BCUT2D eigenvalue weighted by Gasteiger charge is 2.20. The monoisotopic (exact) mass is 307 g/mol. The largest absolute Gasteiger partial charge is 0.342 e. The molecular formula is C19H21N3O. The first kappa shape index (κ1) is 15.3. The molecule has 0 saturated heterocycles. The number of aromatic nitrogens is 2. The molecule has 1 aromatic heterocycles. The fourth-order valence-electron chi connectivity index (χ4n) is 2.85. The predicted octanol–water partition coefficient (Wildman–Crippen LogP) is 4.11. The molecular weight excluding hydrogens is 286 g/mol. The van der Waals surface area contributed by atoms with Gasteiger partial charge in [-0.25, -0.2) is 4.98 Å². The lowest BCUT2D eigenvalue weighted by molar-refractivity contribution is 0.0937. The van der Waals surface area contributed by atoms with Crippen LogP contribution < -0.4 is 5.32 Å². The molecule has 4 heteroatoms. The van der Waals surface area contributed by atoms with Crippen molar-refractivity contribution in [2.75, 3.05) is 0 Å². The first-order valence-corrected chi connectivity index (χ1v) is 7.90. The van der Waals surface area contributed by atoms with Gasteiger partial charge in [0.15, 0.2) is 0 Å². The van der Waals surface area contributed by atoms with Gasteiger partial charge in [0.2, 0.25) is 0 Å². The molecule has 1 N–H and O–H groups in total. The molecule has 0 spiro atoms. The molecule has 3 rings (SSSR count). The molecule has 0 aliphatic carbocycles. The summed E-state index contributed by atoms with van der Waals surface area (Å²) in [5, 5.41) is 3.05. The lowest BCUT2D eigenvalue weighted by Gasteiger charge is -2.18. The number of imidazole rings is 1. The quantitative estimate of drug-likeness (QED) is 0.788. The Hall–Kier alpha value is -2.62. The molecule has 2 aromatic carbocycles. The van der Waals surface area contributed by atoms with Gasteiger partial charge in [-0.2, -0.15) is 0 Å². The van der Waals surface area contributed by atoms with E-state index in [0.717, 1.165) is 16.9 Å². The maximum absolute atomic E-state index is 12.4. The summed E-state index contributed by atoms with van der Waals surface area (Å²) in [6.07, 6.45) is 0. The van der Waals surface area contributed by atoms with Crippen LogP contribution in [0.3, 0.4) is 0 Å². The molecule has 0 aliphatic rings. The molecule has 1 atom stereocenters. The molecule has 0 unspecified atom stereocenters. The van der Waals surface area contributed by atoms with Gasteiger partial charge in [0.25, 0.3) is 5.91 Å². The second-order valence-corrected chi connectivity index (χ2v) is 5.98. The Morgan fingerprint density at radius 2 is 1.65 bits per heavy atom. The SMILES string of the molecule is CC(C)n1c([C@H](C)NC(=O)c2ccccc2)nc2ccccc21. The van der Waals surface area contributed by atoms with Crippen molar-refractivity contribution in [1.82, 2.24) is 14.9 Å². The number of para-hydroxylation sites is 2. The number of nitrogens with zero attached hydrogens (tertiary/aromatic N) is 2. The number of amides is 1. The van der Waals surface area contributed by atoms with E-state index in [1.54, 1.807) is 0 Å². The molecule has 0 bridgehead atoms. The average Bonchev–Trinajstić information content (AvgIpc) is 2.95. The molecule has 3 aromatic rings. The Balaban J connectivity index is 1.93. The van der Waals surface area contributed by atoms with E-state index in [4.69, 9.17) is 4.98 Å². The Bertz CT molecular complexity index is 821. The molecule has 4 nitrogen and oxygen atoms in total. The molecule has 0 fully saturated rings. The Labute approximate surface area is 136 Å². The topological polar surface area (TPSA) is 46.9 Å². The number of fused-ring (bicyclic) bond motifs is 1. The molecule has 118 valence electrons. The van der Waals surface area contributed by atoms with Gasteiger partial charge in [-0.3, -0.25) is 4.79 Å². The summed E-state index contributed by atoms with van der Waals surface area (Å²) in [7, 11) is 0. The Kier molecular flexibility index (Phi) is 4.15. The van der Waals surface area contributed by atoms with E-state index in [1.165, 1.54) is 0 Å². The average molecular weight is 307 g/mol. The Morgan fingerprint density at radius 3 is 2.35 bits per heavy atom. The van der Waals surface area contributed by atoms with Crippen molar-refractivity contribution in [1.29, 1.82) is 0 Å². The van der Waals surface area contributed by atoms with Gasteiger partial charge in [0, 0.05) is 11.6 Å². The fourth-order valence-corrected chi connectivity index (χ4v) is 2.85. The highest BCUT2D eigenvalue weighted by atomic mass is 16.1. The van der Waals surface area contributed by atoms with E-state index >= 15 is 0 Å². The molecule has 1 amide bonds. The second-order valence-electron chi connectivity index (χ2n) is 5.98. The van der Waals surface area contributed by atoms with Crippen LogP contribution in [0.15, 0.2) is 54.6 Å². The van der Waals surface area contributed by atoms with Crippen LogP contribution in [0.1, 0.15) is 49.0 Å². The van der Waals surface area contributed by atoms with Crippen LogP contribution >= 0.6 is 0 Å². The van der Waals surface area contributed by atoms with Crippen LogP contribution in [0.5, 0.6) is 0 Å².